The summed E-state index contributed by atoms with van der Waals surface area (Å²) >= 11 is 6.19. The predicted octanol–water partition coefficient (Wildman–Crippen LogP) is 5.36. The average Bonchev–Trinajstić information content (AvgIpc) is 3.17. The van der Waals surface area contributed by atoms with Crippen molar-refractivity contribution >= 4 is 17.5 Å². The van der Waals surface area contributed by atoms with Gasteiger partial charge in [-0.2, -0.15) is 4.98 Å². The quantitative estimate of drug-likeness (QED) is 0.529. The van der Waals surface area contributed by atoms with Gasteiger partial charge in [-0.25, -0.2) is 0 Å². The fourth-order valence-corrected chi connectivity index (χ4v) is 3.19. The molecule has 0 spiro atoms. The Morgan fingerprint density at radius 2 is 1.87 bits per heavy atom. The van der Waals surface area contributed by atoms with Gasteiger partial charge >= 0.3 is 0 Å². The highest BCUT2D eigenvalue weighted by Gasteiger charge is 2.18. The number of ether oxygens (including phenoxy) is 1. The molecule has 0 aliphatic rings. The predicted molar refractivity (Wildman–Crippen MR) is 117 cm³/mol. The summed E-state index contributed by atoms with van der Waals surface area (Å²) in [6.07, 6.45) is 0. The number of aromatic nitrogens is 2. The molecule has 2 aromatic carbocycles. The van der Waals surface area contributed by atoms with Crippen LogP contribution in [0.4, 0.5) is 0 Å². The highest BCUT2D eigenvalue weighted by atomic mass is 35.5. The molecule has 3 aromatic rings. The molecule has 0 saturated carbocycles. The van der Waals surface area contributed by atoms with Crippen molar-refractivity contribution in [3.8, 4) is 17.1 Å². The van der Waals surface area contributed by atoms with Gasteiger partial charge in [-0.1, -0.05) is 61.8 Å². The Morgan fingerprint density at radius 3 is 2.47 bits per heavy atom. The number of carbonyl (C=O) groups excluding carboxylic acids is 1. The third-order valence-electron chi connectivity index (χ3n) is 4.68. The van der Waals surface area contributed by atoms with Crippen LogP contribution < -0.4 is 4.74 Å². The number of carbonyl (C=O) groups is 1. The third-order valence-corrected chi connectivity index (χ3v) is 4.97. The summed E-state index contributed by atoms with van der Waals surface area (Å²) in [6, 6.07) is 13.1. The molecule has 0 fully saturated rings. The van der Waals surface area contributed by atoms with E-state index in [2.05, 4.69) is 43.0 Å². The molecule has 0 saturated heterocycles. The Hall–Kier alpha value is -2.86. The van der Waals surface area contributed by atoms with Crippen molar-refractivity contribution in [3.63, 3.8) is 0 Å². The number of hydrogen-bond acceptors (Lipinski definition) is 5. The Labute approximate surface area is 181 Å². The zero-order valence-electron chi connectivity index (χ0n) is 17.9. The van der Waals surface area contributed by atoms with Crippen LogP contribution in [-0.2, 0) is 12.0 Å². The molecule has 6 nitrogen and oxygen atoms in total. The first kappa shape index (κ1) is 21.8. The summed E-state index contributed by atoms with van der Waals surface area (Å²) < 4.78 is 10.8. The Kier molecular flexibility index (Phi) is 6.46. The fourth-order valence-electron chi connectivity index (χ4n) is 2.96. The van der Waals surface area contributed by atoms with Crippen molar-refractivity contribution < 1.29 is 14.1 Å². The summed E-state index contributed by atoms with van der Waals surface area (Å²) in [4.78, 5) is 18.6. The number of hydrogen-bond donors (Lipinski definition) is 0. The topological polar surface area (TPSA) is 68.5 Å². The average molecular weight is 428 g/mol. The van der Waals surface area contributed by atoms with E-state index in [0.717, 1.165) is 5.56 Å². The molecule has 0 unspecified atom stereocenters. The van der Waals surface area contributed by atoms with Gasteiger partial charge in [-0.15, -0.1) is 0 Å². The first-order valence-corrected chi connectivity index (χ1v) is 10.2. The molecule has 0 atom stereocenters. The van der Waals surface area contributed by atoms with Crippen LogP contribution in [0.2, 0.25) is 5.02 Å². The molecule has 1 aromatic heterocycles. The molecule has 30 heavy (non-hydrogen) atoms. The summed E-state index contributed by atoms with van der Waals surface area (Å²) in [5.41, 5.74) is 2.64. The van der Waals surface area contributed by atoms with E-state index in [0.29, 0.717) is 34.7 Å². The lowest BCUT2D eigenvalue weighted by Crippen LogP contribution is -2.26. The lowest BCUT2D eigenvalue weighted by molar-refractivity contribution is 0.0769. The van der Waals surface area contributed by atoms with Gasteiger partial charge in [0.25, 0.3) is 5.91 Å². The molecule has 0 bridgehead atoms. The molecular weight excluding hydrogens is 402 g/mol. The van der Waals surface area contributed by atoms with Gasteiger partial charge in [0, 0.05) is 18.2 Å². The Morgan fingerprint density at radius 1 is 1.17 bits per heavy atom. The maximum Gasteiger partial charge on any atom is 0.254 e. The highest BCUT2D eigenvalue weighted by molar-refractivity contribution is 6.32. The minimum atomic E-state index is -0.200. The van der Waals surface area contributed by atoms with Crippen LogP contribution in [0.3, 0.4) is 0 Å². The smallest absolute Gasteiger partial charge is 0.254 e. The van der Waals surface area contributed by atoms with E-state index in [1.165, 1.54) is 10.5 Å². The summed E-state index contributed by atoms with van der Waals surface area (Å²) in [5.74, 6) is 1.21. The van der Waals surface area contributed by atoms with Gasteiger partial charge in [0.05, 0.1) is 18.2 Å². The summed E-state index contributed by atoms with van der Waals surface area (Å²) in [5, 5.41) is 4.45. The number of benzene rings is 2. The standard InChI is InChI=1S/C23H26ClN3O3/c1-6-29-19-12-9-16(13-18(19)24)22(28)27(5)14-20-25-21(26-30-20)15-7-10-17(11-8-15)23(2,3)4/h7-13H,6,14H2,1-5H3. The molecule has 158 valence electrons. The van der Waals surface area contributed by atoms with E-state index in [9.17, 15) is 4.79 Å². The maximum absolute atomic E-state index is 12.7. The van der Waals surface area contributed by atoms with Crippen molar-refractivity contribution in [3.05, 3.63) is 64.5 Å². The van der Waals surface area contributed by atoms with Crippen LogP contribution in [0.25, 0.3) is 11.4 Å². The molecule has 3 rings (SSSR count). The second kappa shape index (κ2) is 8.88. The zero-order chi connectivity index (χ0) is 21.9. The van der Waals surface area contributed by atoms with Gasteiger partial charge in [-0.3, -0.25) is 4.79 Å². The second-order valence-electron chi connectivity index (χ2n) is 8.08. The maximum atomic E-state index is 12.7. The Bertz CT molecular complexity index is 1020. The fraction of sp³-hybridized carbons (Fsp3) is 0.348. The normalized spacial score (nSPS) is 11.4. The third kappa shape index (κ3) is 5.00. The molecule has 0 aliphatic carbocycles. The van der Waals surface area contributed by atoms with Crippen molar-refractivity contribution in [2.75, 3.05) is 13.7 Å². The van der Waals surface area contributed by atoms with Crippen LogP contribution in [0.15, 0.2) is 47.0 Å². The minimum absolute atomic E-state index is 0.0772. The first-order valence-electron chi connectivity index (χ1n) is 9.80. The lowest BCUT2D eigenvalue weighted by Gasteiger charge is -2.18. The number of halogens is 1. The van der Waals surface area contributed by atoms with Gasteiger partial charge in [-0.05, 0) is 36.1 Å². The lowest BCUT2D eigenvalue weighted by atomic mass is 9.87. The summed E-state index contributed by atoms with van der Waals surface area (Å²) in [6.45, 7) is 9.07. The minimum Gasteiger partial charge on any atom is -0.492 e. The molecule has 1 amide bonds. The number of rotatable bonds is 6. The molecule has 0 radical (unpaired) electrons. The van der Waals surface area contributed by atoms with E-state index in [-0.39, 0.29) is 17.9 Å². The molecule has 0 N–H and O–H groups in total. The van der Waals surface area contributed by atoms with Gasteiger partial charge in [0.15, 0.2) is 0 Å². The summed E-state index contributed by atoms with van der Waals surface area (Å²) in [7, 11) is 1.68. The number of nitrogens with zero attached hydrogens (tertiary/aromatic N) is 3. The van der Waals surface area contributed by atoms with E-state index >= 15 is 0 Å². The van der Waals surface area contributed by atoms with Crippen molar-refractivity contribution in [1.29, 1.82) is 0 Å². The van der Waals surface area contributed by atoms with Gasteiger partial charge < -0.3 is 14.2 Å². The van der Waals surface area contributed by atoms with Crippen molar-refractivity contribution in [2.45, 2.75) is 39.7 Å². The number of amides is 1. The molecular formula is C23H26ClN3O3. The van der Waals surface area contributed by atoms with Crippen molar-refractivity contribution in [1.82, 2.24) is 15.0 Å². The SMILES string of the molecule is CCOc1ccc(C(=O)N(C)Cc2nc(-c3ccc(C(C)(C)C)cc3)no2)cc1Cl. The van der Waals surface area contributed by atoms with E-state index < -0.39 is 0 Å². The van der Waals surface area contributed by atoms with Gasteiger partial charge in [0.2, 0.25) is 11.7 Å². The molecule has 0 aliphatic heterocycles. The van der Waals surface area contributed by atoms with Crippen LogP contribution in [0.1, 0.15) is 49.5 Å². The van der Waals surface area contributed by atoms with E-state index in [1.807, 2.05) is 19.1 Å². The largest absolute Gasteiger partial charge is 0.492 e. The van der Waals surface area contributed by atoms with Crippen LogP contribution in [0, 0.1) is 0 Å². The zero-order valence-corrected chi connectivity index (χ0v) is 18.7. The molecule has 7 heteroatoms. The monoisotopic (exact) mass is 427 g/mol. The molecule has 1 heterocycles. The van der Waals surface area contributed by atoms with Gasteiger partial charge in [0.1, 0.15) is 5.75 Å². The Balaban J connectivity index is 1.69. The van der Waals surface area contributed by atoms with E-state index in [4.69, 9.17) is 20.9 Å². The van der Waals surface area contributed by atoms with E-state index in [1.54, 1.807) is 25.2 Å². The first-order chi connectivity index (χ1) is 14.2. The second-order valence-corrected chi connectivity index (χ2v) is 8.49. The van der Waals surface area contributed by atoms with Crippen LogP contribution in [-0.4, -0.2) is 34.6 Å². The highest BCUT2D eigenvalue weighted by Crippen LogP contribution is 2.27. The van der Waals surface area contributed by atoms with Crippen LogP contribution >= 0.6 is 11.6 Å². The van der Waals surface area contributed by atoms with Crippen LogP contribution in [0.5, 0.6) is 5.75 Å². The van der Waals surface area contributed by atoms with Crippen molar-refractivity contribution in [2.24, 2.45) is 0 Å².